The Morgan fingerprint density at radius 1 is 1.50 bits per heavy atom. The van der Waals surface area contributed by atoms with E-state index < -0.39 is 15.9 Å². The van der Waals surface area contributed by atoms with Crippen LogP contribution < -0.4 is 10.0 Å². The summed E-state index contributed by atoms with van der Waals surface area (Å²) in [5, 5.41) is 0. The maximum Gasteiger partial charge on any atom is 0.248 e. The molecule has 6 heteroatoms. The fourth-order valence-electron chi connectivity index (χ4n) is 2.32. The number of sulfonamides is 1. The zero-order chi connectivity index (χ0) is 13.5. The Hall–Kier alpha value is -1.56. The van der Waals surface area contributed by atoms with Crippen molar-refractivity contribution in [3.63, 3.8) is 0 Å². The maximum atomic E-state index is 12.0. The quantitative estimate of drug-likeness (QED) is 0.884. The van der Waals surface area contributed by atoms with E-state index in [1.165, 1.54) is 4.31 Å². The molecule has 0 unspecified atom stereocenters. The van der Waals surface area contributed by atoms with Crippen LogP contribution >= 0.6 is 0 Å². The number of nitrogens with two attached hydrogens (primary N) is 1. The average molecular weight is 268 g/mol. The Morgan fingerprint density at radius 3 is 2.72 bits per heavy atom. The molecule has 1 aliphatic heterocycles. The first kappa shape index (κ1) is 12.9. The van der Waals surface area contributed by atoms with Crippen LogP contribution in [0.3, 0.4) is 0 Å². The van der Waals surface area contributed by atoms with Crippen LogP contribution in [0.4, 0.5) is 5.69 Å². The van der Waals surface area contributed by atoms with Gasteiger partial charge in [0.05, 0.1) is 11.4 Å². The van der Waals surface area contributed by atoms with Gasteiger partial charge in [0.15, 0.2) is 0 Å². The van der Waals surface area contributed by atoms with Crippen molar-refractivity contribution in [3.05, 3.63) is 29.3 Å². The number of primary amides is 1. The van der Waals surface area contributed by atoms with Crippen LogP contribution in [0.1, 0.15) is 29.8 Å². The summed E-state index contributed by atoms with van der Waals surface area (Å²) in [6.45, 7) is 3.48. The molecule has 1 aromatic carbocycles. The summed E-state index contributed by atoms with van der Waals surface area (Å²) in [4.78, 5) is 11.1. The molecule has 0 radical (unpaired) electrons. The van der Waals surface area contributed by atoms with Gasteiger partial charge in [0, 0.05) is 11.6 Å². The number of benzene rings is 1. The highest BCUT2D eigenvalue weighted by atomic mass is 32.2. The molecule has 0 spiro atoms. The Kier molecular flexibility index (Phi) is 3.06. The Labute approximate surface area is 107 Å². The molecule has 1 aliphatic rings. The number of carbonyl (C=O) groups is 1. The van der Waals surface area contributed by atoms with Gasteiger partial charge in [-0.2, -0.15) is 0 Å². The number of hydrogen-bond donors (Lipinski definition) is 1. The first-order valence-electron chi connectivity index (χ1n) is 5.81. The van der Waals surface area contributed by atoms with Gasteiger partial charge in [-0.25, -0.2) is 8.42 Å². The summed E-state index contributed by atoms with van der Waals surface area (Å²) in [6, 6.07) is 4.79. The van der Waals surface area contributed by atoms with E-state index >= 15 is 0 Å². The fourth-order valence-corrected chi connectivity index (χ4v) is 3.70. The fraction of sp³-hybridized carbons (Fsp3) is 0.417. The molecule has 98 valence electrons. The Balaban J connectivity index is 2.51. The monoisotopic (exact) mass is 268 g/mol. The minimum absolute atomic E-state index is 0.0638. The molecule has 0 fully saturated rings. The van der Waals surface area contributed by atoms with Gasteiger partial charge in [0.2, 0.25) is 15.9 Å². The first-order chi connectivity index (χ1) is 8.36. The van der Waals surface area contributed by atoms with Crippen molar-refractivity contribution in [2.24, 2.45) is 5.73 Å². The molecule has 1 heterocycles. The maximum absolute atomic E-state index is 12.0. The summed E-state index contributed by atoms with van der Waals surface area (Å²) in [6.07, 6.45) is 0.607. The van der Waals surface area contributed by atoms with E-state index in [4.69, 9.17) is 5.73 Å². The smallest absolute Gasteiger partial charge is 0.248 e. The SMILES string of the molecule is CCS(=O)(=O)N1c2ccc(C(N)=O)cc2C[C@H]1C. The molecule has 1 atom stereocenters. The predicted molar refractivity (Wildman–Crippen MR) is 70.1 cm³/mol. The second-order valence-electron chi connectivity index (χ2n) is 4.46. The molecule has 5 nitrogen and oxygen atoms in total. The van der Waals surface area contributed by atoms with E-state index in [2.05, 4.69) is 0 Å². The van der Waals surface area contributed by atoms with Crippen molar-refractivity contribution in [2.75, 3.05) is 10.1 Å². The number of hydrogen-bond acceptors (Lipinski definition) is 3. The highest BCUT2D eigenvalue weighted by Crippen LogP contribution is 2.35. The van der Waals surface area contributed by atoms with Gasteiger partial charge >= 0.3 is 0 Å². The summed E-state index contributed by atoms with van der Waals surface area (Å²) < 4.78 is 25.5. The van der Waals surface area contributed by atoms with Crippen molar-refractivity contribution >= 4 is 21.6 Å². The topological polar surface area (TPSA) is 80.5 Å². The van der Waals surface area contributed by atoms with Gasteiger partial charge in [-0.15, -0.1) is 0 Å². The first-order valence-corrected chi connectivity index (χ1v) is 7.42. The summed E-state index contributed by atoms with van der Waals surface area (Å²) in [7, 11) is -3.28. The lowest BCUT2D eigenvalue weighted by Crippen LogP contribution is -2.36. The number of carbonyl (C=O) groups excluding carboxylic acids is 1. The van der Waals surface area contributed by atoms with Crippen molar-refractivity contribution < 1.29 is 13.2 Å². The largest absolute Gasteiger partial charge is 0.366 e. The standard InChI is InChI=1S/C12H16N2O3S/c1-3-18(16,17)14-8(2)6-10-7-9(12(13)15)4-5-11(10)14/h4-5,7-8H,3,6H2,1-2H3,(H2,13,15)/t8-/m1/s1. The molecule has 0 aliphatic carbocycles. The lowest BCUT2D eigenvalue weighted by atomic mass is 10.1. The zero-order valence-electron chi connectivity index (χ0n) is 10.4. The van der Waals surface area contributed by atoms with Crippen molar-refractivity contribution in [3.8, 4) is 0 Å². The molecule has 0 aromatic heterocycles. The van der Waals surface area contributed by atoms with Crippen LogP contribution in [0.2, 0.25) is 0 Å². The number of amides is 1. The van der Waals surface area contributed by atoms with Gasteiger partial charge in [-0.05, 0) is 44.0 Å². The minimum Gasteiger partial charge on any atom is -0.366 e. The molecule has 2 N–H and O–H groups in total. The normalized spacial score (nSPS) is 18.8. The third-order valence-electron chi connectivity index (χ3n) is 3.18. The van der Waals surface area contributed by atoms with E-state index in [1.54, 1.807) is 25.1 Å². The molecular weight excluding hydrogens is 252 g/mol. The van der Waals surface area contributed by atoms with E-state index in [0.29, 0.717) is 17.7 Å². The van der Waals surface area contributed by atoms with Crippen LogP contribution in [0, 0.1) is 0 Å². The van der Waals surface area contributed by atoms with Gasteiger partial charge in [-0.1, -0.05) is 0 Å². The number of anilines is 1. The Morgan fingerprint density at radius 2 is 2.17 bits per heavy atom. The van der Waals surface area contributed by atoms with Crippen molar-refractivity contribution in [2.45, 2.75) is 26.3 Å². The van der Waals surface area contributed by atoms with Gasteiger partial charge < -0.3 is 5.73 Å². The van der Waals surface area contributed by atoms with Gasteiger partial charge in [-0.3, -0.25) is 9.10 Å². The second-order valence-corrected chi connectivity index (χ2v) is 6.59. The molecular formula is C12H16N2O3S. The highest BCUT2D eigenvalue weighted by molar-refractivity contribution is 7.92. The average Bonchev–Trinajstić information content (AvgIpc) is 2.64. The third kappa shape index (κ3) is 1.96. The summed E-state index contributed by atoms with van der Waals surface area (Å²) in [5.41, 5.74) is 7.15. The summed E-state index contributed by atoms with van der Waals surface area (Å²) >= 11 is 0. The van der Waals surface area contributed by atoms with E-state index in [9.17, 15) is 13.2 Å². The molecule has 0 saturated carbocycles. The van der Waals surface area contributed by atoms with Crippen LogP contribution in [0.15, 0.2) is 18.2 Å². The Bertz CT molecular complexity index is 595. The number of fused-ring (bicyclic) bond motifs is 1. The van der Waals surface area contributed by atoms with Crippen LogP contribution in [0.5, 0.6) is 0 Å². The molecule has 1 aromatic rings. The number of nitrogens with zero attached hydrogens (tertiary/aromatic N) is 1. The molecule has 1 amide bonds. The summed E-state index contributed by atoms with van der Waals surface area (Å²) in [5.74, 6) is -0.434. The molecule has 18 heavy (non-hydrogen) atoms. The number of rotatable bonds is 3. The van der Waals surface area contributed by atoms with Crippen LogP contribution in [0.25, 0.3) is 0 Å². The van der Waals surface area contributed by atoms with E-state index in [0.717, 1.165) is 5.56 Å². The van der Waals surface area contributed by atoms with Crippen LogP contribution in [-0.2, 0) is 16.4 Å². The lowest BCUT2D eigenvalue weighted by molar-refractivity contribution is 0.1000. The zero-order valence-corrected chi connectivity index (χ0v) is 11.2. The predicted octanol–water partition coefficient (Wildman–Crippen LogP) is 0.886. The van der Waals surface area contributed by atoms with E-state index in [-0.39, 0.29) is 11.8 Å². The molecule has 2 rings (SSSR count). The lowest BCUT2D eigenvalue weighted by Gasteiger charge is -2.23. The minimum atomic E-state index is -3.28. The molecule has 0 saturated heterocycles. The van der Waals surface area contributed by atoms with Crippen LogP contribution in [-0.4, -0.2) is 26.1 Å². The highest BCUT2D eigenvalue weighted by Gasteiger charge is 2.34. The second kappa shape index (κ2) is 4.28. The van der Waals surface area contributed by atoms with Crippen molar-refractivity contribution in [1.29, 1.82) is 0 Å². The molecule has 0 bridgehead atoms. The van der Waals surface area contributed by atoms with Gasteiger partial charge in [0.1, 0.15) is 0 Å². The third-order valence-corrected chi connectivity index (χ3v) is 5.07. The van der Waals surface area contributed by atoms with E-state index in [1.807, 2.05) is 6.92 Å². The van der Waals surface area contributed by atoms with Gasteiger partial charge in [0.25, 0.3) is 0 Å². The van der Waals surface area contributed by atoms with Crippen molar-refractivity contribution in [1.82, 2.24) is 0 Å².